The van der Waals surface area contributed by atoms with E-state index in [2.05, 4.69) is 5.32 Å². The summed E-state index contributed by atoms with van der Waals surface area (Å²) < 4.78 is 5.20. The number of aromatic hydroxyl groups is 1. The minimum atomic E-state index is -0.143. The van der Waals surface area contributed by atoms with Gasteiger partial charge in [-0.3, -0.25) is 0 Å². The molecule has 4 heteroatoms. The maximum absolute atomic E-state index is 9.94. The number of nitrogens with one attached hydrogen (secondary N) is 1. The van der Waals surface area contributed by atoms with Crippen molar-refractivity contribution in [3.05, 3.63) is 23.8 Å². The van der Waals surface area contributed by atoms with Gasteiger partial charge in [0.15, 0.2) is 0 Å². The average molecular weight is 279 g/mol. The van der Waals surface area contributed by atoms with E-state index in [9.17, 15) is 10.2 Å². The molecule has 1 fully saturated rings. The average Bonchev–Trinajstić information content (AvgIpc) is 2.45. The third kappa shape index (κ3) is 3.87. The molecule has 3 unspecified atom stereocenters. The number of rotatable bonds is 5. The minimum Gasteiger partial charge on any atom is -0.508 e. The molecule has 1 aliphatic rings. The molecule has 4 nitrogen and oxygen atoms in total. The maximum atomic E-state index is 9.94. The topological polar surface area (TPSA) is 61.7 Å². The Hall–Kier alpha value is -1.26. The number of hydrogen-bond acceptors (Lipinski definition) is 4. The summed E-state index contributed by atoms with van der Waals surface area (Å²) >= 11 is 0. The van der Waals surface area contributed by atoms with Crippen molar-refractivity contribution in [1.82, 2.24) is 5.32 Å². The van der Waals surface area contributed by atoms with E-state index >= 15 is 0 Å². The van der Waals surface area contributed by atoms with E-state index in [1.165, 1.54) is 6.42 Å². The van der Waals surface area contributed by atoms with Crippen molar-refractivity contribution in [1.29, 1.82) is 0 Å². The number of aliphatic hydroxyl groups is 1. The van der Waals surface area contributed by atoms with Crippen LogP contribution in [0, 0.1) is 5.92 Å². The molecular weight excluding hydrogens is 254 g/mol. The van der Waals surface area contributed by atoms with Gasteiger partial charge in [0.1, 0.15) is 11.5 Å². The van der Waals surface area contributed by atoms with Crippen LogP contribution in [0.1, 0.15) is 44.2 Å². The quantitative estimate of drug-likeness (QED) is 0.775. The third-order valence-electron chi connectivity index (χ3n) is 4.17. The monoisotopic (exact) mass is 279 g/mol. The van der Waals surface area contributed by atoms with Crippen LogP contribution in [0.4, 0.5) is 0 Å². The molecule has 0 saturated heterocycles. The number of ether oxygens (including phenoxy) is 1. The highest BCUT2D eigenvalue weighted by atomic mass is 16.5. The van der Waals surface area contributed by atoms with Crippen LogP contribution in [0.15, 0.2) is 18.2 Å². The van der Waals surface area contributed by atoms with Gasteiger partial charge in [0, 0.05) is 11.6 Å². The van der Waals surface area contributed by atoms with Crippen LogP contribution >= 0.6 is 0 Å². The zero-order valence-corrected chi connectivity index (χ0v) is 12.3. The van der Waals surface area contributed by atoms with Crippen LogP contribution in [0.3, 0.4) is 0 Å². The van der Waals surface area contributed by atoms with Gasteiger partial charge >= 0.3 is 0 Å². The standard InChI is InChI=1S/C16H25NO3/c1-11(15-9-14(20-2)6-7-16(15)19)17-10-12-4-3-5-13(18)8-12/h6-7,9,11-13,17-19H,3-5,8,10H2,1-2H3. The van der Waals surface area contributed by atoms with Gasteiger partial charge in [-0.25, -0.2) is 0 Å². The Morgan fingerprint density at radius 2 is 2.20 bits per heavy atom. The summed E-state index contributed by atoms with van der Waals surface area (Å²) in [4.78, 5) is 0. The minimum absolute atomic E-state index is 0.0594. The van der Waals surface area contributed by atoms with Crippen molar-refractivity contribution in [3.8, 4) is 11.5 Å². The Bertz CT molecular complexity index is 436. The predicted molar refractivity (Wildman–Crippen MR) is 79.0 cm³/mol. The molecule has 1 aromatic rings. The zero-order chi connectivity index (χ0) is 14.5. The van der Waals surface area contributed by atoms with E-state index in [1.807, 2.05) is 13.0 Å². The fraction of sp³-hybridized carbons (Fsp3) is 0.625. The molecule has 0 radical (unpaired) electrons. The van der Waals surface area contributed by atoms with Crippen LogP contribution < -0.4 is 10.1 Å². The Labute approximate surface area is 120 Å². The summed E-state index contributed by atoms with van der Waals surface area (Å²) in [7, 11) is 1.62. The molecule has 1 aromatic carbocycles. The lowest BCUT2D eigenvalue weighted by Crippen LogP contribution is -2.30. The largest absolute Gasteiger partial charge is 0.508 e. The molecule has 3 N–H and O–H groups in total. The normalized spacial score (nSPS) is 24.4. The SMILES string of the molecule is COc1ccc(O)c(C(C)NCC2CCCC(O)C2)c1. The van der Waals surface area contributed by atoms with E-state index in [0.29, 0.717) is 5.92 Å². The van der Waals surface area contributed by atoms with E-state index in [0.717, 1.165) is 37.1 Å². The highest BCUT2D eigenvalue weighted by Gasteiger charge is 2.21. The summed E-state index contributed by atoms with van der Waals surface area (Å²) in [5, 5.41) is 23.1. The lowest BCUT2D eigenvalue weighted by molar-refractivity contribution is 0.0997. The molecule has 0 aliphatic heterocycles. The fourth-order valence-electron chi connectivity index (χ4n) is 2.91. The summed E-state index contributed by atoms with van der Waals surface area (Å²) in [5.41, 5.74) is 0.848. The number of phenols is 1. The van der Waals surface area contributed by atoms with Crippen LogP contribution in [0.5, 0.6) is 11.5 Å². The second-order valence-electron chi connectivity index (χ2n) is 5.74. The summed E-state index contributed by atoms with van der Waals surface area (Å²) in [6.07, 6.45) is 3.94. The van der Waals surface area contributed by atoms with E-state index < -0.39 is 0 Å². The molecular formula is C16H25NO3. The number of phenolic OH excluding ortho intramolecular Hbond substituents is 1. The molecule has 1 saturated carbocycles. The molecule has 0 amide bonds. The Kier molecular flexibility index (Phi) is 5.26. The van der Waals surface area contributed by atoms with Crippen molar-refractivity contribution in [2.75, 3.05) is 13.7 Å². The second kappa shape index (κ2) is 6.95. The highest BCUT2D eigenvalue weighted by Crippen LogP contribution is 2.29. The van der Waals surface area contributed by atoms with Gasteiger partial charge in [-0.15, -0.1) is 0 Å². The maximum Gasteiger partial charge on any atom is 0.120 e. The van der Waals surface area contributed by atoms with Crippen molar-refractivity contribution in [2.45, 2.75) is 44.8 Å². The first-order valence-electron chi connectivity index (χ1n) is 7.38. The van der Waals surface area contributed by atoms with Gasteiger partial charge in [0.2, 0.25) is 0 Å². The molecule has 0 heterocycles. The molecule has 1 aliphatic carbocycles. The molecule has 3 atom stereocenters. The van der Waals surface area contributed by atoms with Crippen molar-refractivity contribution in [3.63, 3.8) is 0 Å². The van der Waals surface area contributed by atoms with Crippen LogP contribution in [0.25, 0.3) is 0 Å². The molecule has 2 rings (SSSR count). The van der Waals surface area contributed by atoms with E-state index in [4.69, 9.17) is 4.74 Å². The highest BCUT2D eigenvalue weighted by molar-refractivity contribution is 5.41. The van der Waals surface area contributed by atoms with Crippen molar-refractivity contribution >= 4 is 0 Å². The van der Waals surface area contributed by atoms with Crippen molar-refractivity contribution < 1.29 is 14.9 Å². The smallest absolute Gasteiger partial charge is 0.120 e. The molecule has 0 bridgehead atoms. The lowest BCUT2D eigenvalue weighted by atomic mass is 9.87. The third-order valence-corrected chi connectivity index (χ3v) is 4.17. The first-order valence-corrected chi connectivity index (χ1v) is 7.38. The number of aliphatic hydroxyl groups excluding tert-OH is 1. The van der Waals surface area contributed by atoms with Crippen molar-refractivity contribution in [2.24, 2.45) is 5.92 Å². The first-order chi connectivity index (χ1) is 9.60. The Morgan fingerprint density at radius 1 is 1.40 bits per heavy atom. The van der Waals surface area contributed by atoms with E-state index in [1.54, 1.807) is 19.2 Å². The second-order valence-corrected chi connectivity index (χ2v) is 5.74. The molecule has 20 heavy (non-hydrogen) atoms. The lowest BCUT2D eigenvalue weighted by Gasteiger charge is -2.27. The van der Waals surface area contributed by atoms with Crippen LogP contribution in [-0.4, -0.2) is 30.0 Å². The summed E-state index contributed by atoms with van der Waals surface area (Å²) in [6, 6.07) is 5.34. The van der Waals surface area contributed by atoms with Crippen LogP contribution in [0.2, 0.25) is 0 Å². The number of methoxy groups -OCH3 is 1. The molecule has 112 valence electrons. The van der Waals surface area contributed by atoms with Gasteiger partial charge in [-0.2, -0.15) is 0 Å². The van der Waals surface area contributed by atoms with Gasteiger partial charge in [-0.1, -0.05) is 6.42 Å². The molecule has 0 spiro atoms. The number of benzene rings is 1. The predicted octanol–water partition coefficient (Wildman–Crippen LogP) is 2.60. The summed E-state index contributed by atoms with van der Waals surface area (Å²) in [6.45, 7) is 2.91. The molecule has 0 aromatic heterocycles. The number of hydrogen-bond donors (Lipinski definition) is 3. The van der Waals surface area contributed by atoms with Gasteiger partial charge in [0.05, 0.1) is 13.2 Å². The summed E-state index contributed by atoms with van der Waals surface area (Å²) in [5.74, 6) is 1.56. The zero-order valence-electron chi connectivity index (χ0n) is 12.3. The van der Waals surface area contributed by atoms with Gasteiger partial charge in [-0.05, 0) is 56.8 Å². The fourth-order valence-corrected chi connectivity index (χ4v) is 2.91. The Balaban J connectivity index is 1.92. The van der Waals surface area contributed by atoms with Gasteiger partial charge in [0.25, 0.3) is 0 Å². The Morgan fingerprint density at radius 3 is 2.90 bits per heavy atom. The van der Waals surface area contributed by atoms with Crippen LogP contribution in [-0.2, 0) is 0 Å². The van der Waals surface area contributed by atoms with E-state index in [-0.39, 0.29) is 17.9 Å². The van der Waals surface area contributed by atoms with Gasteiger partial charge < -0.3 is 20.3 Å². The first kappa shape index (κ1) is 15.1.